The number of aromatic nitrogens is 2. The van der Waals surface area contributed by atoms with E-state index in [0.717, 1.165) is 25.2 Å². The molecule has 0 saturated heterocycles. The second-order valence-electron chi connectivity index (χ2n) is 4.62. The van der Waals surface area contributed by atoms with Gasteiger partial charge in [-0.25, -0.2) is 4.98 Å². The highest BCUT2D eigenvalue weighted by atomic mass is 15.1. The van der Waals surface area contributed by atoms with E-state index in [1.54, 1.807) is 0 Å². The molecule has 0 aliphatic carbocycles. The van der Waals surface area contributed by atoms with Gasteiger partial charge in [0, 0.05) is 13.0 Å². The fourth-order valence-corrected chi connectivity index (χ4v) is 1.94. The first-order valence-corrected chi connectivity index (χ1v) is 4.78. The van der Waals surface area contributed by atoms with Crippen LogP contribution in [0.5, 0.6) is 0 Å². The lowest BCUT2D eigenvalue weighted by atomic mass is 9.83. The van der Waals surface area contributed by atoms with Crippen molar-refractivity contribution >= 4 is 5.82 Å². The van der Waals surface area contributed by atoms with Crippen LogP contribution in [0.4, 0.5) is 5.82 Å². The predicted octanol–water partition coefficient (Wildman–Crippen LogP) is 1.31. The van der Waals surface area contributed by atoms with Crippen molar-refractivity contribution in [2.24, 2.45) is 5.41 Å². The van der Waals surface area contributed by atoms with Crippen LogP contribution in [-0.2, 0) is 13.0 Å². The highest BCUT2D eigenvalue weighted by Crippen LogP contribution is 2.32. The van der Waals surface area contributed by atoms with Crippen molar-refractivity contribution in [1.82, 2.24) is 9.55 Å². The third-order valence-corrected chi connectivity index (χ3v) is 2.83. The molecule has 1 aliphatic heterocycles. The molecule has 4 heteroatoms. The zero-order valence-corrected chi connectivity index (χ0v) is 8.54. The largest absolute Gasteiger partial charge is 0.381 e. The van der Waals surface area contributed by atoms with Crippen molar-refractivity contribution in [2.75, 3.05) is 5.73 Å². The highest BCUT2D eigenvalue weighted by Gasteiger charge is 2.28. The summed E-state index contributed by atoms with van der Waals surface area (Å²) >= 11 is 0. The summed E-state index contributed by atoms with van der Waals surface area (Å²) in [7, 11) is 0. The lowest BCUT2D eigenvalue weighted by Crippen LogP contribution is -2.26. The highest BCUT2D eigenvalue weighted by molar-refractivity contribution is 5.46. The molecule has 74 valence electrons. The maximum Gasteiger partial charge on any atom is 0.164 e. The van der Waals surface area contributed by atoms with Gasteiger partial charge in [-0.1, -0.05) is 13.8 Å². The third-order valence-electron chi connectivity index (χ3n) is 2.83. The zero-order valence-electron chi connectivity index (χ0n) is 8.54. The molecular weight excluding hydrogens is 176 g/mol. The first-order chi connectivity index (χ1) is 6.53. The lowest BCUT2D eigenvalue weighted by molar-refractivity contribution is 0.266. The Morgan fingerprint density at radius 2 is 2.29 bits per heavy atom. The molecule has 2 rings (SSSR count). The lowest BCUT2D eigenvalue weighted by Gasteiger charge is -2.29. The molecule has 0 radical (unpaired) electrons. The number of nitrogens with two attached hydrogens (primary N) is 1. The van der Waals surface area contributed by atoms with Crippen molar-refractivity contribution < 1.29 is 0 Å². The number of nitriles is 1. The molecule has 2 N–H and O–H groups in total. The Hall–Kier alpha value is -1.50. The predicted molar refractivity (Wildman–Crippen MR) is 53.5 cm³/mol. The molecule has 0 saturated carbocycles. The Kier molecular flexibility index (Phi) is 1.78. The molecular formula is C10H14N4. The van der Waals surface area contributed by atoms with Crippen LogP contribution in [0, 0.1) is 16.7 Å². The van der Waals surface area contributed by atoms with Gasteiger partial charge >= 0.3 is 0 Å². The molecule has 4 nitrogen and oxygen atoms in total. The van der Waals surface area contributed by atoms with Gasteiger partial charge in [0.2, 0.25) is 0 Å². The van der Waals surface area contributed by atoms with Crippen molar-refractivity contribution in [1.29, 1.82) is 5.26 Å². The van der Waals surface area contributed by atoms with Crippen molar-refractivity contribution in [3.63, 3.8) is 0 Å². The van der Waals surface area contributed by atoms with Crippen molar-refractivity contribution in [3.8, 4) is 6.07 Å². The number of imidazole rings is 1. The van der Waals surface area contributed by atoms with Gasteiger partial charge in [0.25, 0.3) is 0 Å². The third kappa shape index (κ3) is 1.25. The number of rotatable bonds is 0. The first-order valence-electron chi connectivity index (χ1n) is 4.78. The minimum atomic E-state index is 0.278. The standard InChI is InChI=1S/C10H14N4/c1-10(2)3-4-14-7(6-11)9(12)13-8(14)5-10/h3-5,12H2,1-2H3. The number of nitrogen functional groups attached to an aromatic ring is 1. The minimum Gasteiger partial charge on any atom is -0.381 e. The SMILES string of the molecule is CC1(C)CCn2c(nc(N)c2C#N)C1. The molecule has 1 aromatic rings. The summed E-state index contributed by atoms with van der Waals surface area (Å²) in [5, 5.41) is 8.90. The topological polar surface area (TPSA) is 67.6 Å². The van der Waals surface area contributed by atoms with Crippen LogP contribution < -0.4 is 5.73 Å². The average Bonchev–Trinajstić information content (AvgIpc) is 2.37. The summed E-state index contributed by atoms with van der Waals surface area (Å²) in [6, 6.07) is 2.11. The normalized spacial score (nSPS) is 18.6. The number of fused-ring (bicyclic) bond motifs is 1. The van der Waals surface area contributed by atoms with E-state index in [1.165, 1.54) is 0 Å². The van der Waals surface area contributed by atoms with Crippen LogP contribution in [0.25, 0.3) is 0 Å². The minimum absolute atomic E-state index is 0.278. The first kappa shape index (κ1) is 9.07. The smallest absolute Gasteiger partial charge is 0.164 e. The van der Waals surface area contributed by atoms with Gasteiger partial charge in [-0.3, -0.25) is 0 Å². The van der Waals surface area contributed by atoms with E-state index < -0.39 is 0 Å². The number of hydrogen-bond acceptors (Lipinski definition) is 3. The maximum atomic E-state index is 8.90. The summed E-state index contributed by atoms with van der Waals surface area (Å²) in [5.41, 5.74) is 6.47. The molecule has 0 bridgehead atoms. The van der Waals surface area contributed by atoms with Gasteiger partial charge in [0.15, 0.2) is 11.5 Å². The van der Waals surface area contributed by atoms with E-state index in [-0.39, 0.29) is 5.41 Å². The number of nitrogens with zero attached hydrogens (tertiary/aromatic N) is 3. The Labute approximate surface area is 83.4 Å². The molecule has 0 fully saturated rings. The van der Waals surface area contributed by atoms with Gasteiger partial charge < -0.3 is 10.3 Å². The van der Waals surface area contributed by atoms with Gasteiger partial charge in [-0.05, 0) is 11.8 Å². The monoisotopic (exact) mass is 190 g/mol. The van der Waals surface area contributed by atoms with Gasteiger partial charge in [-0.2, -0.15) is 5.26 Å². The molecule has 2 heterocycles. The molecule has 0 unspecified atom stereocenters. The molecule has 0 amide bonds. The zero-order chi connectivity index (χ0) is 10.3. The van der Waals surface area contributed by atoms with Crippen LogP contribution in [0.1, 0.15) is 31.8 Å². The van der Waals surface area contributed by atoms with Crippen molar-refractivity contribution in [3.05, 3.63) is 11.5 Å². The Bertz CT molecular complexity index is 408. The second kappa shape index (κ2) is 2.74. The van der Waals surface area contributed by atoms with Crippen LogP contribution in [-0.4, -0.2) is 9.55 Å². The average molecular weight is 190 g/mol. The van der Waals surface area contributed by atoms with E-state index in [9.17, 15) is 0 Å². The van der Waals surface area contributed by atoms with Crippen LogP contribution in [0.2, 0.25) is 0 Å². The quantitative estimate of drug-likeness (QED) is 0.670. The second-order valence-corrected chi connectivity index (χ2v) is 4.62. The van der Waals surface area contributed by atoms with Gasteiger partial charge in [-0.15, -0.1) is 0 Å². The van der Waals surface area contributed by atoms with E-state index in [2.05, 4.69) is 24.9 Å². The Balaban J connectivity index is 2.48. The van der Waals surface area contributed by atoms with E-state index >= 15 is 0 Å². The summed E-state index contributed by atoms with van der Waals surface area (Å²) in [6.07, 6.45) is 1.98. The molecule has 1 aromatic heterocycles. The summed E-state index contributed by atoms with van der Waals surface area (Å²) in [5.74, 6) is 1.33. The van der Waals surface area contributed by atoms with E-state index in [4.69, 9.17) is 11.0 Å². The molecule has 0 spiro atoms. The van der Waals surface area contributed by atoms with E-state index in [1.807, 2.05) is 4.57 Å². The molecule has 0 aromatic carbocycles. The van der Waals surface area contributed by atoms with Crippen LogP contribution >= 0.6 is 0 Å². The summed E-state index contributed by atoms with van der Waals surface area (Å²) in [4.78, 5) is 4.24. The van der Waals surface area contributed by atoms with Crippen LogP contribution in [0.3, 0.4) is 0 Å². The van der Waals surface area contributed by atoms with Crippen molar-refractivity contribution in [2.45, 2.75) is 33.2 Å². The molecule has 1 aliphatic rings. The maximum absolute atomic E-state index is 8.90. The summed E-state index contributed by atoms with van der Waals surface area (Å²) in [6.45, 7) is 5.29. The Morgan fingerprint density at radius 1 is 1.57 bits per heavy atom. The van der Waals surface area contributed by atoms with E-state index in [0.29, 0.717) is 11.5 Å². The number of hydrogen-bond donors (Lipinski definition) is 1. The van der Waals surface area contributed by atoms with Gasteiger partial charge in [0.1, 0.15) is 11.9 Å². The fourth-order valence-electron chi connectivity index (χ4n) is 1.94. The summed E-state index contributed by atoms with van der Waals surface area (Å²) < 4.78 is 1.95. The Morgan fingerprint density at radius 3 is 2.93 bits per heavy atom. The fraction of sp³-hybridized carbons (Fsp3) is 0.600. The number of anilines is 1. The molecule has 0 atom stereocenters. The van der Waals surface area contributed by atoms with Crippen LogP contribution in [0.15, 0.2) is 0 Å². The van der Waals surface area contributed by atoms with Gasteiger partial charge in [0.05, 0.1) is 0 Å². The molecule has 14 heavy (non-hydrogen) atoms.